The number of carbonyl (C=O) groups excluding carboxylic acids is 1. The molecule has 0 radical (unpaired) electrons. The predicted octanol–water partition coefficient (Wildman–Crippen LogP) is 3.43. The molecule has 2 heterocycles. The number of aromatic nitrogens is 1. The normalized spacial score (nSPS) is 16.6. The minimum atomic E-state index is 0.296. The van der Waals surface area contributed by atoms with Gasteiger partial charge in [-0.05, 0) is 43.9 Å². The predicted molar refractivity (Wildman–Crippen MR) is 99.1 cm³/mol. The fourth-order valence-electron chi connectivity index (χ4n) is 3.77. The highest BCUT2D eigenvalue weighted by molar-refractivity contribution is 5.83. The summed E-state index contributed by atoms with van der Waals surface area (Å²) in [6.45, 7) is 5.57. The number of likely N-dealkylation sites (tertiary alicyclic amines) is 1. The number of para-hydroxylation sites is 1. The maximum atomic E-state index is 12.5. The molecular formula is C20H29N3O. The molecule has 0 saturated carbocycles. The van der Waals surface area contributed by atoms with E-state index < -0.39 is 0 Å². The third-order valence-corrected chi connectivity index (χ3v) is 5.46. The van der Waals surface area contributed by atoms with Gasteiger partial charge in [-0.25, -0.2) is 0 Å². The Labute approximate surface area is 144 Å². The number of aryl methyl sites for hydroxylation is 1. The summed E-state index contributed by atoms with van der Waals surface area (Å²) in [5.74, 6) is 0.296. The number of nitrogens with one attached hydrogen (secondary N) is 1. The second kappa shape index (κ2) is 7.84. The molecule has 0 spiro atoms. The number of fused-ring (bicyclic) bond motifs is 1. The maximum Gasteiger partial charge on any atom is 0.222 e. The molecule has 1 fully saturated rings. The van der Waals surface area contributed by atoms with Crippen molar-refractivity contribution in [1.82, 2.24) is 14.8 Å². The molecule has 1 aliphatic heterocycles. The van der Waals surface area contributed by atoms with E-state index in [2.05, 4.69) is 41.2 Å². The zero-order valence-corrected chi connectivity index (χ0v) is 14.9. The molecule has 24 heavy (non-hydrogen) atoms. The maximum absolute atomic E-state index is 12.5. The summed E-state index contributed by atoms with van der Waals surface area (Å²) in [5.41, 5.74) is 2.50. The molecule has 3 rings (SSSR count). The second-order valence-electron chi connectivity index (χ2n) is 6.88. The van der Waals surface area contributed by atoms with Gasteiger partial charge in [0, 0.05) is 49.7 Å². The van der Waals surface area contributed by atoms with Crippen molar-refractivity contribution < 1.29 is 4.79 Å². The van der Waals surface area contributed by atoms with Crippen LogP contribution in [0.4, 0.5) is 0 Å². The number of hydrogen-bond donors (Lipinski definition) is 1. The summed E-state index contributed by atoms with van der Waals surface area (Å²) in [5, 5.41) is 1.28. The summed E-state index contributed by atoms with van der Waals surface area (Å²) >= 11 is 0. The number of rotatable bonds is 6. The quantitative estimate of drug-likeness (QED) is 0.883. The van der Waals surface area contributed by atoms with Crippen molar-refractivity contribution in [2.45, 2.75) is 45.1 Å². The van der Waals surface area contributed by atoms with Gasteiger partial charge in [0.1, 0.15) is 0 Å². The van der Waals surface area contributed by atoms with E-state index in [9.17, 15) is 4.79 Å². The Kier molecular flexibility index (Phi) is 5.56. The average Bonchev–Trinajstić information content (AvgIpc) is 3.04. The number of H-pyrrole nitrogens is 1. The van der Waals surface area contributed by atoms with Gasteiger partial charge in [-0.1, -0.05) is 25.1 Å². The first kappa shape index (κ1) is 17.0. The van der Waals surface area contributed by atoms with Crippen LogP contribution in [0.25, 0.3) is 10.9 Å². The number of carbonyl (C=O) groups is 1. The topological polar surface area (TPSA) is 39.3 Å². The van der Waals surface area contributed by atoms with E-state index in [1.807, 2.05) is 18.0 Å². The zero-order valence-electron chi connectivity index (χ0n) is 14.9. The van der Waals surface area contributed by atoms with Crippen LogP contribution >= 0.6 is 0 Å². The summed E-state index contributed by atoms with van der Waals surface area (Å²) in [6.07, 6.45) is 6.82. The average molecular weight is 327 g/mol. The smallest absolute Gasteiger partial charge is 0.222 e. The number of amides is 1. The lowest BCUT2D eigenvalue weighted by Crippen LogP contribution is -2.45. The van der Waals surface area contributed by atoms with Crippen molar-refractivity contribution in [3.05, 3.63) is 36.0 Å². The summed E-state index contributed by atoms with van der Waals surface area (Å²) < 4.78 is 0. The van der Waals surface area contributed by atoms with Crippen LogP contribution < -0.4 is 0 Å². The van der Waals surface area contributed by atoms with Crippen molar-refractivity contribution in [2.75, 3.05) is 26.7 Å². The van der Waals surface area contributed by atoms with Crippen LogP contribution in [-0.2, 0) is 11.2 Å². The Bertz CT molecular complexity index is 670. The molecule has 1 N–H and O–H groups in total. The van der Waals surface area contributed by atoms with E-state index >= 15 is 0 Å². The monoisotopic (exact) mass is 327 g/mol. The van der Waals surface area contributed by atoms with Gasteiger partial charge in [-0.2, -0.15) is 0 Å². The third kappa shape index (κ3) is 3.81. The Morgan fingerprint density at radius 3 is 2.79 bits per heavy atom. The van der Waals surface area contributed by atoms with E-state index in [0.29, 0.717) is 18.4 Å². The molecule has 130 valence electrons. The van der Waals surface area contributed by atoms with Crippen LogP contribution in [0.3, 0.4) is 0 Å². The van der Waals surface area contributed by atoms with Gasteiger partial charge in [-0.3, -0.25) is 4.79 Å². The summed E-state index contributed by atoms with van der Waals surface area (Å²) in [6, 6.07) is 8.79. The Morgan fingerprint density at radius 1 is 1.29 bits per heavy atom. The fraction of sp³-hybridized carbons (Fsp3) is 0.550. The molecule has 0 aliphatic carbocycles. The standard InChI is InChI=1S/C20H29N3O/c1-3-23-13-11-17(12-14-23)22(2)20(24)10-6-7-16-15-21-19-9-5-4-8-18(16)19/h4-5,8-9,15,17,21H,3,6-7,10-14H2,1-2H3. The van der Waals surface area contributed by atoms with Crippen molar-refractivity contribution in [1.29, 1.82) is 0 Å². The van der Waals surface area contributed by atoms with E-state index in [-0.39, 0.29) is 0 Å². The third-order valence-electron chi connectivity index (χ3n) is 5.46. The van der Waals surface area contributed by atoms with Crippen LogP contribution in [0, 0.1) is 0 Å². The summed E-state index contributed by atoms with van der Waals surface area (Å²) in [7, 11) is 1.99. The van der Waals surface area contributed by atoms with Gasteiger partial charge >= 0.3 is 0 Å². The van der Waals surface area contributed by atoms with E-state index in [1.165, 1.54) is 16.5 Å². The van der Waals surface area contributed by atoms with Gasteiger partial charge < -0.3 is 14.8 Å². The lowest BCUT2D eigenvalue weighted by atomic mass is 10.0. The van der Waals surface area contributed by atoms with Gasteiger partial charge in [-0.15, -0.1) is 0 Å². The number of nitrogens with zero attached hydrogens (tertiary/aromatic N) is 2. The SMILES string of the molecule is CCN1CCC(N(C)C(=O)CCCc2c[nH]c3ccccc23)CC1. The van der Waals surface area contributed by atoms with E-state index in [1.54, 1.807) is 0 Å². The second-order valence-corrected chi connectivity index (χ2v) is 6.88. The molecule has 2 aromatic rings. The molecule has 1 amide bonds. The van der Waals surface area contributed by atoms with Crippen molar-refractivity contribution in [2.24, 2.45) is 0 Å². The highest BCUT2D eigenvalue weighted by Gasteiger charge is 2.24. The molecular weight excluding hydrogens is 298 g/mol. The van der Waals surface area contributed by atoms with Crippen LogP contribution in [0.15, 0.2) is 30.5 Å². The summed E-state index contributed by atoms with van der Waals surface area (Å²) in [4.78, 5) is 20.3. The largest absolute Gasteiger partial charge is 0.361 e. The lowest BCUT2D eigenvalue weighted by molar-refractivity contribution is -0.132. The molecule has 4 heteroatoms. The van der Waals surface area contributed by atoms with Gasteiger partial charge in [0.05, 0.1) is 0 Å². The van der Waals surface area contributed by atoms with E-state index in [4.69, 9.17) is 0 Å². The first-order chi connectivity index (χ1) is 11.7. The van der Waals surface area contributed by atoms with Crippen molar-refractivity contribution in [3.8, 4) is 0 Å². The van der Waals surface area contributed by atoms with Crippen LogP contribution in [-0.4, -0.2) is 53.4 Å². The molecule has 1 aromatic heterocycles. The number of aromatic amines is 1. The Balaban J connectivity index is 1.47. The molecule has 1 aromatic carbocycles. The van der Waals surface area contributed by atoms with Crippen LogP contribution in [0.5, 0.6) is 0 Å². The van der Waals surface area contributed by atoms with Gasteiger partial charge in [0.15, 0.2) is 0 Å². The molecule has 4 nitrogen and oxygen atoms in total. The molecule has 1 aliphatic rings. The molecule has 0 unspecified atom stereocenters. The Morgan fingerprint density at radius 2 is 2.04 bits per heavy atom. The van der Waals surface area contributed by atoms with Gasteiger partial charge in [0.25, 0.3) is 0 Å². The first-order valence-electron chi connectivity index (χ1n) is 9.22. The minimum Gasteiger partial charge on any atom is -0.361 e. The van der Waals surface area contributed by atoms with Gasteiger partial charge in [0.2, 0.25) is 5.91 Å². The van der Waals surface area contributed by atoms with E-state index in [0.717, 1.165) is 45.3 Å². The highest BCUT2D eigenvalue weighted by Crippen LogP contribution is 2.20. The molecule has 0 atom stereocenters. The molecule has 0 bridgehead atoms. The van der Waals surface area contributed by atoms with Crippen molar-refractivity contribution in [3.63, 3.8) is 0 Å². The van der Waals surface area contributed by atoms with Crippen LogP contribution in [0.2, 0.25) is 0 Å². The zero-order chi connectivity index (χ0) is 16.9. The fourth-order valence-corrected chi connectivity index (χ4v) is 3.77. The highest BCUT2D eigenvalue weighted by atomic mass is 16.2. The minimum absolute atomic E-state index is 0.296. The number of benzene rings is 1. The molecule has 1 saturated heterocycles. The van der Waals surface area contributed by atoms with Crippen LogP contribution in [0.1, 0.15) is 38.2 Å². The number of piperidine rings is 1. The first-order valence-corrected chi connectivity index (χ1v) is 9.22. The Hall–Kier alpha value is -1.81. The lowest BCUT2D eigenvalue weighted by Gasteiger charge is -2.36. The van der Waals surface area contributed by atoms with Crippen molar-refractivity contribution >= 4 is 16.8 Å². The number of hydrogen-bond acceptors (Lipinski definition) is 2.